The molecule has 1 atom stereocenters. The minimum Gasteiger partial charge on any atom is -0.435 e. The van der Waals surface area contributed by atoms with Gasteiger partial charge in [0, 0.05) is 13.7 Å². The van der Waals surface area contributed by atoms with Crippen LogP contribution < -0.4 is 15.4 Å². The lowest BCUT2D eigenvalue weighted by Gasteiger charge is -2.13. The number of hydrogen-bond donors (Lipinski definition) is 2. The van der Waals surface area contributed by atoms with Crippen LogP contribution in [-0.4, -0.2) is 32.4 Å². The molecule has 0 spiro atoms. The van der Waals surface area contributed by atoms with E-state index >= 15 is 0 Å². The van der Waals surface area contributed by atoms with Crippen molar-refractivity contribution in [2.75, 3.05) is 13.7 Å². The highest BCUT2D eigenvalue weighted by Gasteiger charge is 2.07. The molecule has 112 valence electrons. The third-order valence-electron chi connectivity index (χ3n) is 2.40. The number of benzene rings is 1. The summed E-state index contributed by atoms with van der Waals surface area (Å²) in [7, 11) is 1.55. The van der Waals surface area contributed by atoms with Crippen LogP contribution in [0, 0.1) is 0 Å². The minimum absolute atomic E-state index is 0.0851. The molecule has 0 saturated carbocycles. The second kappa shape index (κ2) is 8.31. The maximum atomic E-state index is 12.0. The summed E-state index contributed by atoms with van der Waals surface area (Å²) in [5.74, 6) is 0.0851. The number of halogens is 2. The molecule has 2 amide bonds. The van der Waals surface area contributed by atoms with Gasteiger partial charge in [-0.05, 0) is 24.6 Å². The van der Waals surface area contributed by atoms with E-state index in [-0.39, 0.29) is 17.8 Å². The lowest BCUT2D eigenvalue weighted by molar-refractivity contribution is -0.0498. The molecule has 7 heteroatoms. The van der Waals surface area contributed by atoms with Crippen LogP contribution >= 0.6 is 0 Å². The van der Waals surface area contributed by atoms with Gasteiger partial charge in [0.2, 0.25) is 0 Å². The molecule has 1 aromatic rings. The molecular weight excluding hydrogens is 270 g/mol. The molecule has 1 aromatic carbocycles. The standard InChI is InChI=1S/C13H18F2N2O3/c1-9(8-19-2)17-13(18)16-7-10-3-5-11(6-4-10)20-12(14)15/h3-6,9,12H,7-8H2,1-2H3,(H2,16,17,18). The number of ether oxygens (including phenoxy) is 2. The third kappa shape index (κ3) is 6.33. The Hall–Kier alpha value is -1.89. The Kier molecular flexibility index (Phi) is 6.72. The van der Waals surface area contributed by atoms with Gasteiger partial charge in [-0.1, -0.05) is 12.1 Å². The van der Waals surface area contributed by atoms with E-state index < -0.39 is 6.61 Å². The van der Waals surface area contributed by atoms with Crippen LogP contribution in [0.3, 0.4) is 0 Å². The van der Waals surface area contributed by atoms with Gasteiger partial charge in [0.1, 0.15) is 5.75 Å². The second-order valence-electron chi connectivity index (χ2n) is 4.21. The molecular formula is C13H18F2N2O3. The van der Waals surface area contributed by atoms with Crippen molar-refractivity contribution in [3.8, 4) is 5.75 Å². The number of rotatable bonds is 7. The fourth-order valence-corrected chi connectivity index (χ4v) is 1.54. The van der Waals surface area contributed by atoms with E-state index in [1.807, 2.05) is 6.92 Å². The van der Waals surface area contributed by atoms with Crippen molar-refractivity contribution in [3.63, 3.8) is 0 Å². The van der Waals surface area contributed by atoms with E-state index in [4.69, 9.17) is 4.74 Å². The van der Waals surface area contributed by atoms with E-state index in [9.17, 15) is 13.6 Å². The monoisotopic (exact) mass is 288 g/mol. The zero-order chi connectivity index (χ0) is 15.0. The minimum atomic E-state index is -2.84. The molecule has 0 aromatic heterocycles. The van der Waals surface area contributed by atoms with Gasteiger partial charge >= 0.3 is 12.6 Å². The van der Waals surface area contributed by atoms with Gasteiger partial charge < -0.3 is 20.1 Å². The van der Waals surface area contributed by atoms with Crippen molar-refractivity contribution in [1.82, 2.24) is 10.6 Å². The molecule has 0 fully saturated rings. The number of amides is 2. The summed E-state index contributed by atoms with van der Waals surface area (Å²) in [5.41, 5.74) is 0.779. The van der Waals surface area contributed by atoms with Gasteiger partial charge in [0.05, 0.1) is 12.6 Å². The van der Waals surface area contributed by atoms with Crippen LogP contribution in [0.2, 0.25) is 0 Å². The summed E-state index contributed by atoms with van der Waals surface area (Å²) in [5, 5.41) is 5.34. The Morgan fingerprint density at radius 3 is 2.50 bits per heavy atom. The molecule has 5 nitrogen and oxygen atoms in total. The summed E-state index contributed by atoms with van der Waals surface area (Å²) in [4.78, 5) is 11.5. The first-order valence-electron chi connectivity index (χ1n) is 6.08. The third-order valence-corrected chi connectivity index (χ3v) is 2.40. The largest absolute Gasteiger partial charge is 0.435 e. The molecule has 0 aliphatic heterocycles. The van der Waals surface area contributed by atoms with Crippen LogP contribution in [0.15, 0.2) is 24.3 Å². The molecule has 1 rings (SSSR count). The first-order valence-corrected chi connectivity index (χ1v) is 6.08. The Labute approximate surface area is 116 Å². The van der Waals surface area contributed by atoms with E-state index in [1.54, 1.807) is 19.2 Å². The number of nitrogens with one attached hydrogen (secondary N) is 2. The smallest absolute Gasteiger partial charge is 0.387 e. The highest BCUT2D eigenvalue weighted by molar-refractivity contribution is 5.74. The fraction of sp³-hybridized carbons (Fsp3) is 0.462. The van der Waals surface area contributed by atoms with E-state index in [0.717, 1.165) is 5.56 Å². The summed E-state index contributed by atoms with van der Waals surface area (Å²) in [6.07, 6.45) is 0. The zero-order valence-electron chi connectivity index (χ0n) is 11.4. The van der Waals surface area contributed by atoms with Crippen molar-refractivity contribution in [1.29, 1.82) is 0 Å². The molecule has 0 radical (unpaired) electrons. The maximum absolute atomic E-state index is 12.0. The van der Waals surface area contributed by atoms with E-state index in [0.29, 0.717) is 13.2 Å². The van der Waals surface area contributed by atoms with Crippen molar-refractivity contribution >= 4 is 6.03 Å². The van der Waals surface area contributed by atoms with Crippen LogP contribution in [0.1, 0.15) is 12.5 Å². The van der Waals surface area contributed by atoms with Gasteiger partial charge in [0.25, 0.3) is 0 Å². The van der Waals surface area contributed by atoms with Gasteiger partial charge in [0.15, 0.2) is 0 Å². The zero-order valence-corrected chi connectivity index (χ0v) is 11.4. The number of hydrogen-bond acceptors (Lipinski definition) is 3. The molecule has 0 heterocycles. The van der Waals surface area contributed by atoms with E-state index in [1.165, 1.54) is 12.1 Å². The predicted molar refractivity (Wildman–Crippen MR) is 69.8 cm³/mol. The SMILES string of the molecule is COCC(C)NC(=O)NCc1ccc(OC(F)F)cc1. The van der Waals surface area contributed by atoms with Crippen LogP contribution in [-0.2, 0) is 11.3 Å². The Balaban J connectivity index is 2.36. The second-order valence-corrected chi connectivity index (χ2v) is 4.21. The fourth-order valence-electron chi connectivity index (χ4n) is 1.54. The van der Waals surface area contributed by atoms with Crippen LogP contribution in [0.4, 0.5) is 13.6 Å². The number of carbonyl (C=O) groups is 1. The molecule has 2 N–H and O–H groups in total. The van der Waals surface area contributed by atoms with Crippen LogP contribution in [0.5, 0.6) is 5.75 Å². The van der Waals surface area contributed by atoms with Crippen molar-refractivity contribution in [3.05, 3.63) is 29.8 Å². The average molecular weight is 288 g/mol. The highest BCUT2D eigenvalue weighted by Crippen LogP contribution is 2.14. The predicted octanol–water partition coefficient (Wildman–Crippen LogP) is 2.12. The van der Waals surface area contributed by atoms with Crippen molar-refractivity contribution in [2.45, 2.75) is 26.1 Å². The van der Waals surface area contributed by atoms with Gasteiger partial charge in [-0.3, -0.25) is 0 Å². The summed E-state index contributed by atoms with van der Waals surface area (Å²) >= 11 is 0. The van der Waals surface area contributed by atoms with Crippen molar-refractivity contribution in [2.24, 2.45) is 0 Å². The Morgan fingerprint density at radius 2 is 1.95 bits per heavy atom. The number of carbonyl (C=O) groups excluding carboxylic acids is 1. The lowest BCUT2D eigenvalue weighted by atomic mass is 10.2. The molecule has 1 unspecified atom stereocenters. The first-order chi connectivity index (χ1) is 9.51. The number of alkyl halides is 2. The van der Waals surface area contributed by atoms with Gasteiger partial charge in [-0.15, -0.1) is 0 Å². The summed E-state index contributed by atoms with van der Waals surface area (Å²) in [6, 6.07) is 5.65. The lowest BCUT2D eigenvalue weighted by Crippen LogP contribution is -2.42. The number of urea groups is 1. The first kappa shape index (κ1) is 16.2. The maximum Gasteiger partial charge on any atom is 0.387 e. The molecule has 0 aliphatic rings. The highest BCUT2D eigenvalue weighted by atomic mass is 19.3. The molecule has 0 saturated heterocycles. The Bertz CT molecular complexity index is 413. The van der Waals surface area contributed by atoms with Gasteiger partial charge in [-0.25, -0.2) is 4.79 Å². The number of methoxy groups -OCH3 is 1. The van der Waals surface area contributed by atoms with E-state index in [2.05, 4.69) is 15.4 Å². The summed E-state index contributed by atoms with van der Waals surface area (Å²) in [6.45, 7) is -0.306. The van der Waals surface area contributed by atoms with Crippen molar-refractivity contribution < 1.29 is 23.0 Å². The normalized spacial score (nSPS) is 12.1. The molecule has 0 aliphatic carbocycles. The average Bonchev–Trinajstić information content (AvgIpc) is 2.37. The topological polar surface area (TPSA) is 59.6 Å². The van der Waals surface area contributed by atoms with Crippen LogP contribution in [0.25, 0.3) is 0 Å². The Morgan fingerprint density at radius 1 is 1.30 bits per heavy atom. The summed E-state index contributed by atoms with van der Waals surface area (Å²) < 4.78 is 33.0. The molecule has 20 heavy (non-hydrogen) atoms. The molecule has 0 bridgehead atoms. The van der Waals surface area contributed by atoms with Gasteiger partial charge in [-0.2, -0.15) is 8.78 Å². The quantitative estimate of drug-likeness (QED) is 0.808.